The van der Waals surface area contributed by atoms with Crippen molar-refractivity contribution in [1.82, 2.24) is 9.71 Å². The summed E-state index contributed by atoms with van der Waals surface area (Å²) < 4.78 is 26.8. The summed E-state index contributed by atoms with van der Waals surface area (Å²) in [6.45, 7) is 2.56. The zero-order chi connectivity index (χ0) is 17.0. The zero-order valence-electron chi connectivity index (χ0n) is 13.4. The van der Waals surface area contributed by atoms with Crippen molar-refractivity contribution in [3.8, 4) is 0 Å². The molecule has 0 bridgehead atoms. The van der Waals surface area contributed by atoms with Crippen LogP contribution in [0.25, 0.3) is 10.9 Å². The predicted molar refractivity (Wildman–Crippen MR) is 97.1 cm³/mol. The number of para-hydroxylation sites is 1. The van der Waals surface area contributed by atoms with Crippen molar-refractivity contribution < 1.29 is 8.42 Å². The number of nitrogens with zero attached hydrogens (tertiary/aromatic N) is 1. The number of aromatic nitrogens is 1. The van der Waals surface area contributed by atoms with E-state index in [4.69, 9.17) is 0 Å². The number of nitrogens with one attached hydrogen (secondary N) is 2. The second kappa shape index (κ2) is 6.98. The Labute approximate surface area is 141 Å². The smallest absolute Gasteiger partial charge is 0.240 e. The Morgan fingerprint density at radius 2 is 1.88 bits per heavy atom. The Bertz CT molecular complexity index is 957. The van der Waals surface area contributed by atoms with E-state index >= 15 is 0 Å². The number of benzene rings is 2. The van der Waals surface area contributed by atoms with Gasteiger partial charge in [0.15, 0.2) is 0 Å². The number of aliphatic imine (C=N–C) groups is 1. The number of sulfonamides is 1. The molecule has 124 valence electrons. The van der Waals surface area contributed by atoms with Gasteiger partial charge in [0.05, 0.1) is 11.4 Å². The van der Waals surface area contributed by atoms with E-state index in [9.17, 15) is 8.42 Å². The van der Waals surface area contributed by atoms with Gasteiger partial charge < -0.3 is 4.98 Å². The first-order chi connectivity index (χ1) is 11.6. The number of H-pyrrole nitrogens is 1. The number of aromatic amines is 1. The van der Waals surface area contributed by atoms with Crippen LogP contribution in [-0.2, 0) is 10.0 Å². The fraction of sp³-hybridized carbons (Fsp3) is 0.167. The lowest BCUT2D eigenvalue weighted by atomic mass is 10.2. The quantitative estimate of drug-likeness (QED) is 0.534. The molecule has 2 aromatic carbocycles. The van der Waals surface area contributed by atoms with Crippen LogP contribution in [0, 0.1) is 6.92 Å². The summed E-state index contributed by atoms with van der Waals surface area (Å²) in [5, 5.41) is 1.10. The summed E-state index contributed by atoms with van der Waals surface area (Å²) in [6, 6.07) is 14.7. The molecule has 0 atom stereocenters. The van der Waals surface area contributed by atoms with Gasteiger partial charge in [0.1, 0.15) is 0 Å². The topological polar surface area (TPSA) is 74.3 Å². The standard InChI is InChI=1S/C18H19N3O2S/c1-14-6-8-16(9-7-14)24(22,23)21-11-10-19-12-15-13-20-18-5-3-2-4-17(15)18/h2-9,12-13,20-21H,10-11H2,1H3. The summed E-state index contributed by atoms with van der Waals surface area (Å²) in [5.74, 6) is 0. The summed E-state index contributed by atoms with van der Waals surface area (Å²) in [5.41, 5.74) is 3.07. The maximum Gasteiger partial charge on any atom is 0.240 e. The van der Waals surface area contributed by atoms with Gasteiger partial charge in [-0.25, -0.2) is 13.1 Å². The first kappa shape index (κ1) is 16.4. The lowest BCUT2D eigenvalue weighted by Gasteiger charge is -2.05. The fourth-order valence-corrected chi connectivity index (χ4v) is 3.43. The molecule has 2 N–H and O–H groups in total. The Morgan fingerprint density at radius 1 is 1.12 bits per heavy atom. The highest BCUT2D eigenvalue weighted by Crippen LogP contribution is 2.15. The van der Waals surface area contributed by atoms with Crippen LogP contribution in [0.3, 0.4) is 0 Å². The molecule has 3 rings (SSSR count). The van der Waals surface area contributed by atoms with Crippen LogP contribution in [0.4, 0.5) is 0 Å². The van der Waals surface area contributed by atoms with Crippen molar-refractivity contribution in [3.63, 3.8) is 0 Å². The summed E-state index contributed by atoms with van der Waals surface area (Å²) in [4.78, 5) is 7.75. The predicted octanol–water partition coefficient (Wildman–Crippen LogP) is 2.87. The van der Waals surface area contributed by atoms with E-state index < -0.39 is 10.0 Å². The van der Waals surface area contributed by atoms with Gasteiger partial charge in [-0.15, -0.1) is 0 Å². The molecule has 1 heterocycles. The maximum absolute atomic E-state index is 12.1. The molecule has 0 aliphatic rings. The van der Waals surface area contributed by atoms with Crippen molar-refractivity contribution in [2.75, 3.05) is 13.1 Å². The first-order valence-corrected chi connectivity index (χ1v) is 9.17. The Morgan fingerprint density at radius 3 is 2.67 bits per heavy atom. The molecule has 6 heteroatoms. The van der Waals surface area contributed by atoms with Crippen molar-refractivity contribution >= 4 is 27.1 Å². The summed E-state index contributed by atoms with van der Waals surface area (Å²) in [6.07, 6.45) is 3.66. The van der Waals surface area contributed by atoms with Gasteiger partial charge in [0.25, 0.3) is 0 Å². The Balaban J connectivity index is 1.57. The lowest BCUT2D eigenvalue weighted by molar-refractivity contribution is 0.582. The molecular formula is C18H19N3O2S. The lowest BCUT2D eigenvalue weighted by Crippen LogP contribution is -2.26. The highest BCUT2D eigenvalue weighted by molar-refractivity contribution is 7.89. The molecule has 0 radical (unpaired) electrons. The van der Waals surface area contributed by atoms with Gasteiger partial charge in [-0.3, -0.25) is 4.99 Å². The molecule has 5 nitrogen and oxygen atoms in total. The molecule has 0 amide bonds. The molecule has 0 saturated carbocycles. The van der Waals surface area contributed by atoms with E-state index in [0.717, 1.165) is 22.0 Å². The fourth-order valence-electron chi connectivity index (χ4n) is 2.41. The second-order valence-corrected chi connectivity index (χ2v) is 7.30. The third-order valence-electron chi connectivity index (χ3n) is 3.72. The van der Waals surface area contributed by atoms with Crippen molar-refractivity contribution in [1.29, 1.82) is 0 Å². The van der Waals surface area contributed by atoms with E-state index in [1.54, 1.807) is 30.5 Å². The SMILES string of the molecule is Cc1ccc(S(=O)(=O)NCCN=Cc2c[nH]c3ccccc23)cc1. The van der Waals surface area contributed by atoms with Crippen LogP contribution in [0.2, 0.25) is 0 Å². The highest BCUT2D eigenvalue weighted by atomic mass is 32.2. The Hall–Kier alpha value is -2.44. The summed E-state index contributed by atoms with van der Waals surface area (Å²) >= 11 is 0. The summed E-state index contributed by atoms with van der Waals surface area (Å²) in [7, 11) is -3.48. The minimum absolute atomic E-state index is 0.259. The van der Waals surface area contributed by atoms with Gasteiger partial charge in [-0.1, -0.05) is 35.9 Å². The van der Waals surface area contributed by atoms with Crippen LogP contribution in [0.5, 0.6) is 0 Å². The van der Waals surface area contributed by atoms with Crippen LogP contribution < -0.4 is 4.72 Å². The molecule has 1 aromatic heterocycles. The monoisotopic (exact) mass is 341 g/mol. The normalized spacial score (nSPS) is 12.2. The average molecular weight is 341 g/mol. The van der Waals surface area contributed by atoms with Gasteiger partial charge in [0, 0.05) is 35.4 Å². The van der Waals surface area contributed by atoms with Crippen molar-refractivity contribution in [3.05, 3.63) is 65.9 Å². The van der Waals surface area contributed by atoms with Gasteiger partial charge in [-0.05, 0) is 25.1 Å². The number of hydrogen-bond donors (Lipinski definition) is 2. The number of hydrogen-bond acceptors (Lipinski definition) is 3. The molecule has 0 fully saturated rings. The minimum Gasteiger partial charge on any atom is -0.361 e. The molecule has 0 unspecified atom stereocenters. The molecule has 0 saturated heterocycles. The number of aryl methyl sites for hydroxylation is 1. The zero-order valence-corrected chi connectivity index (χ0v) is 14.2. The number of fused-ring (bicyclic) bond motifs is 1. The maximum atomic E-state index is 12.1. The van der Waals surface area contributed by atoms with Gasteiger partial charge >= 0.3 is 0 Å². The van der Waals surface area contributed by atoms with Crippen LogP contribution in [0.1, 0.15) is 11.1 Å². The second-order valence-electron chi connectivity index (χ2n) is 5.54. The van der Waals surface area contributed by atoms with E-state index in [1.807, 2.05) is 37.4 Å². The van der Waals surface area contributed by atoms with Crippen LogP contribution in [-0.4, -0.2) is 32.7 Å². The van der Waals surface area contributed by atoms with Crippen LogP contribution in [0.15, 0.2) is 64.6 Å². The van der Waals surface area contributed by atoms with E-state index in [1.165, 1.54) is 0 Å². The highest BCUT2D eigenvalue weighted by Gasteiger charge is 2.12. The third kappa shape index (κ3) is 3.72. The van der Waals surface area contributed by atoms with Gasteiger partial charge in [0.2, 0.25) is 10.0 Å². The van der Waals surface area contributed by atoms with E-state index in [0.29, 0.717) is 6.54 Å². The molecule has 0 aliphatic carbocycles. The van der Waals surface area contributed by atoms with E-state index in [-0.39, 0.29) is 11.4 Å². The average Bonchev–Trinajstić information content (AvgIpc) is 2.98. The molecule has 24 heavy (non-hydrogen) atoms. The van der Waals surface area contributed by atoms with Crippen molar-refractivity contribution in [2.45, 2.75) is 11.8 Å². The first-order valence-electron chi connectivity index (χ1n) is 7.68. The molecule has 3 aromatic rings. The largest absolute Gasteiger partial charge is 0.361 e. The van der Waals surface area contributed by atoms with E-state index in [2.05, 4.69) is 14.7 Å². The number of rotatable bonds is 6. The van der Waals surface area contributed by atoms with Crippen LogP contribution >= 0.6 is 0 Å². The minimum atomic E-state index is -3.48. The van der Waals surface area contributed by atoms with Gasteiger partial charge in [-0.2, -0.15) is 0 Å². The van der Waals surface area contributed by atoms with Crippen molar-refractivity contribution in [2.24, 2.45) is 4.99 Å². The molecule has 0 spiro atoms. The Kier molecular flexibility index (Phi) is 4.78. The molecular weight excluding hydrogens is 322 g/mol. The third-order valence-corrected chi connectivity index (χ3v) is 5.19. The molecule has 0 aliphatic heterocycles.